The van der Waals surface area contributed by atoms with Gasteiger partial charge in [-0.05, 0) is 18.2 Å². The monoisotopic (exact) mass is 456 g/mol. The van der Waals surface area contributed by atoms with Gasteiger partial charge in [0.15, 0.2) is 0 Å². The molecule has 0 radical (unpaired) electrons. The Morgan fingerprint density at radius 1 is 1.00 bits per heavy atom. The minimum atomic E-state index is 0. The molecule has 0 aliphatic carbocycles. The van der Waals surface area contributed by atoms with Crippen molar-refractivity contribution in [2.24, 2.45) is 0 Å². The molecule has 2 aromatic rings. The number of rotatable bonds is 4. The summed E-state index contributed by atoms with van der Waals surface area (Å²) in [5.41, 5.74) is 1.38. The predicted molar refractivity (Wildman–Crippen MR) is 88.9 cm³/mol. The molecule has 0 bridgehead atoms. The maximum atomic E-state index is 4.76. The molecule has 2 nitrogen and oxygen atoms in total. The van der Waals surface area contributed by atoms with Gasteiger partial charge >= 0.3 is 19.5 Å². The van der Waals surface area contributed by atoms with Crippen molar-refractivity contribution in [3.63, 3.8) is 0 Å². The van der Waals surface area contributed by atoms with Crippen molar-refractivity contribution in [3.8, 4) is 0 Å². The zero-order chi connectivity index (χ0) is 14.8. The number of H-pyrrole nitrogens is 1. The van der Waals surface area contributed by atoms with Gasteiger partial charge in [0.05, 0.1) is 20.6 Å². The molecule has 0 unspecified atom stereocenters. The van der Waals surface area contributed by atoms with Gasteiger partial charge in [-0.25, -0.2) is 0 Å². The number of aromatic amines is 1. The molecule has 1 aromatic heterocycles. The van der Waals surface area contributed by atoms with Crippen LogP contribution in [0, 0.1) is 4.64 Å². The fraction of sp³-hybridized carbons (Fsp3) is 0.235. The Hall–Kier alpha value is -0.217. The molecule has 0 aliphatic rings. The standard InChI is InChI=1S/C12H18N.C5H5NS.3ClH.Zn/c1-4-10-13(2,3)11-12-8-6-5-7-9-12;7-5-3-1-2-4-6-5;;;;/h4-9H,1,10-11H2,2-3H3;1-4H,(H,6,7);3*1H;/q+1;;;;;+2/p-3. The van der Waals surface area contributed by atoms with Crippen molar-refractivity contribution >= 4 is 12.2 Å². The fourth-order valence-corrected chi connectivity index (χ4v) is 2.02. The fourth-order valence-electron chi connectivity index (χ4n) is 1.87. The second kappa shape index (κ2) is 17.6. The Morgan fingerprint density at radius 2 is 1.54 bits per heavy atom. The number of aromatic nitrogens is 1. The van der Waals surface area contributed by atoms with Crippen LogP contribution in [0.1, 0.15) is 5.56 Å². The number of quaternary nitrogens is 1. The molecule has 1 N–H and O–H groups in total. The first-order valence-corrected chi connectivity index (χ1v) is 7.05. The van der Waals surface area contributed by atoms with Crippen molar-refractivity contribution in [1.82, 2.24) is 4.98 Å². The summed E-state index contributed by atoms with van der Waals surface area (Å²) in [6, 6.07) is 16.2. The Kier molecular flexibility index (Phi) is 23.1. The zero-order valence-electron chi connectivity index (χ0n) is 14.1. The van der Waals surface area contributed by atoms with Crippen LogP contribution in [-0.2, 0) is 26.0 Å². The molecule has 0 atom stereocenters. The van der Waals surface area contributed by atoms with Gasteiger partial charge in [-0.15, -0.1) is 0 Å². The van der Waals surface area contributed by atoms with E-state index in [4.69, 9.17) is 12.2 Å². The van der Waals surface area contributed by atoms with Crippen molar-refractivity contribution in [3.05, 3.63) is 77.6 Å². The van der Waals surface area contributed by atoms with Crippen LogP contribution in [0.4, 0.5) is 0 Å². The second-order valence-corrected chi connectivity index (χ2v) is 5.72. The van der Waals surface area contributed by atoms with Gasteiger partial charge in [0.25, 0.3) is 0 Å². The summed E-state index contributed by atoms with van der Waals surface area (Å²) in [6.07, 6.45) is 3.78. The predicted octanol–water partition coefficient (Wildman–Crippen LogP) is -4.80. The number of likely N-dealkylation sites (N-methyl/N-ethyl adjacent to an activating group) is 1. The summed E-state index contributed by atoms with van der Waals surface area (Å²) < 4.78 is 1.75. The van der Waals surface area contributed by atoms with E-state index in [0.29, 0.717) is 0 Å². The Labute approximate surface area is 182 Å². The Balaban J connectivity index is -0.000000159. The van der Waals surface area contributed by atoms with Crippen LogP contribution in [0.3, 0.4) is 0 Å². The average molecular weight is 459 g/mol. The van der Waals surface area contributed by atoms with E-state index in [0.717, 1.165) is 22.2 Å². The molecule has 1 aromatic carbocycles. The van der Waals surface area contributed by atoms with E-state index in [1.165, 1.54) is 5.56 Å². The van der Waals surface area contributed by atoms with Crippen molar-refractivity contribution < 1.29 is 61.2 Å². The molecule has 24 heavy (non-hydrogen) atoms. The molecule has 0 saturated carbocycles. The number of hydrogen-bond acceptors (Lipinski definition) is 1. The molecule has 0 spiro atoms. The maximum Gasteiger partial charge on any atom is 2.00 e. The van der Waals surface area contributed by atoms with Crippen LogP contribution in [0.15, 0.2) is 67.4 Å². The molecule has 1 heterocycles. The Bertz CT molecular complexity index is 560. The van der Waals surface area contributed by atoms with Crippen molar-refractivity contribution in [1.29, 1.82) is 0 Å². The molecule has 130 valence electrons. The number of halogens is 3. The van der Waals surface area contributed by atoms with Gasteiger partial charge in [0.2, 0.25) is 0 Å². The molecule has 2 rings (SSSR count). The summed E-state index contributed by atoms with van der Waals surface area (Å²) in [7, 11) is 4.43. The van der Waals surface area contributed by atoms with Gasteiger partial charge in [-0.2, -0.15) is 0 Å². The van der Waals surface area contributed by atoms with E-state index in [-0.39, 0.29) is 56.7 Å². The van der Waals surface area contributed by atoms with Gasteiger partial charge in [-0.1, -0.05) is 55.2 Å². The van der Waals surface area contributed by atoms with Crippen molar-refractivity contribution in [2.75, 3.05) is 20.6 Å². The normalized spacial score (nSPS) is 8.58. The van der Waals surface area contributed by atoms with Crippen LogP contribution in [-0.4, -0.2) is 30.1 Å². The van der Waals surface area contributed by atoms with Crippen LogP contribution < -0.4 is 37.2 Å². The number of benzene rings is 1. The van der Waals surface area contributed by atoms with Crippen LogP contribution in [0.25, 0.3) is 0 Å². The van der Waals surface area contributed by atoms with Crippen LogP contribution >= 0.6 is 12.2 Å². The second-order valence-electron chi connectivity index (χ2n) is 5.28. The number of pyridine rings is 1. The SMILES string of the molecule is C=CC[N+](C)(C)Cc1ccccc1.S=c1cccc[nH]1.[Cl-].[Cl-].[Cl-].[Zn+2]. The third-order valence-corrected chi connectivity index (χ3v) is 3.01. The molecule has 0 saturated heterocycles. The summed E-state index contributed by atoms with van der Waals surface area (Å²) in [5, 5.41) is 0. The topological polar surface area (TPSA) is 15.8 Å². The third-order valence-electron chi connectivity index (χ3n) is 2.76. The molecule has 0 amide bonds. The summed E-state index contributed by atoms with van der Waals surface area (Å²) in [5.74, 6) is 0. The average Bonchev–Trinajstić information content (AvgIpc) is 2.40. The van der Waals surface area contributed by atoms with E-state index in [1.54, 1.807) is 0 Å². The van der Waals surface area contributed by atoms with Gasteiger partial charge < -0.3 is 46.7 Å². The Morgan fingerprint density at radius 3 is 1.92 bits per heavy atom. The van der Waals surface area contributed by atoms with Crippen LogP contribution in [0.5, 0.6) is 0 Å². The smallest absolute Gasteiger partial charge is 1.00 e. The largest absolute Gasteiger partial charge is 2.00 e. The van der Waals surface area contributed by atoms with E-state index >= 15 is 0 Å². The van der Waals surface area contributed by atoms with E-state index < -0.39 is 0 Å². The summed E-state index contributed by atoms with van der Waals surface area (Å²) in [6.45, 7) is 5.84. The molecular weight excluding hydrogens is 436 g/mol. The minimum Gasteiger partial charge on any atom is -1.00 e. The number of hydrogen-bond donors (Lipinski definition) is 1. The summed E-state index contributed by atoms with van der Waals surface area (Å²) >= 11 is 4.76. The summed E-state index contributed by atoms with van der Waals surface area (Å²) in [4.78, 5) is 2.85. The van der Waals surface area contributed by atoms with Crippen LogP contribution in [0.2, 0.25) is 0 Å². The first-order valence-electron chi connectivity index (χ1n) is 6.64. The molecule has 0 aliphatic heterocycles. The van der Waals surface area contributed by atoms with E-state index in [9.17, 15) is 0 Å². The number of nitrogens with one attached hydrogen (secondary N) is 1. The van der Waals surface area contributed by atoms with E-state index in [2.05, 4.69) is 56.0 Å². The molecule has 7 heteroatoms. The zero-order valence-corrected chi connectivity index (χ0v) is 20.1. The van der Waals surface area contributed by atoms with Gasteiger partial charge in [-0.3, -0.25) is 0 Å². The van der Waals surface area contributed by atoms with Gasteiger partial charge in [0.1, 0.15) is 11.2 Å². The van der Waals surface area contributed by atoms with Gasteiger partial charge in [0, 0.05) is 11.8 Å². The first-order chi connectivity index (χ1) is 9.53. The van der Waals surface area contributed by atoms with Crippen molar-refractivity contribution in [2.45, 2.75) is 6.54 Å². The third kappa shape index (κ3) is 15.3. The maximum absolute atomic E-state index is 4.76. The number of nitrogens with zero attached hydrogens (tertiary/aromatic N) is 1. The first kappa shape index (κ1) is 31.5. The molecular formula is C17H23Cl3N2SZn. The quantitative estimate of drug-likeness (QED) is 0.210. The molecule has 0 fully saturated rings. The minimum absolute atomic E-state index is 0. The van der Waals surface area contributed by atoms with E-state index in [1.807, 2.05) is 30.5 Å².